The van der Waals surface area contributed by atoms with E-state index in [0.29, 0.717) is 6.42 Å². The highest BCUT2D eigenvalue weighted by Gasteiger charge is 2.14. The van der Waals surface area contributed by atoms with E-state index in [0.717, 1.165) is 19.5 Å². The first-order valence-corrected chi connectivity index (χ1v) is 9.12. The number of rotatable bonds is 7. The molecule has 1 aliphatic rings. The summed E-state index contributed by atoms with van der Waals surface area (Å²) in [5, 5.41) is 8.75. The lowest BCUT2D eigenvalue weighted by atomic mass is 9.93. The molecule has 3 rings (SSSR count). The molecule has 2 aromatic rings. The average Bonchev–Trinajstić information content (AvgIpc) is 2.79. The molecule has 0 bridgehead atoms. The zero-order chi connectivity index (χ0) is 18.4. The van der Waals surface area contributed by atoms with E-state index in [1.807, 2.05) is 0 Å². The SMILES string of the molecule is CN(CCC=C1c2ccccc2C=Cc2ccccc21)CCCC(=O)O. The normalized spacial score (nSPS) is 12.5. The van der Waals surface area contributed by atoms with Crippen molar-refractivity contribution >= 4 is 23.7 Å². The number of nitrogens with zero attached hydrogens (tertiary/aromatic N) is 1. The minimum atomic E-state index is -0.723. The Morgan fingerprint density at radius 3 is 2.12 bits per heavy atom. The number of hydrogen-bond acceptors (Lipinski definition) is 2. The molecule has 0 aromatic heterocycles. The maximum absolute atomic E-state index is 10.6. The molecule has 0 heterocycles. The Balaban J connectivity index is 1.77. The van der Waals surface area contributed by atoms with Crippen LogP contribution in [0.5, 0.6) is 0 Å². The van der Waals surface area contributed by atoms with Crippen LogP contribution in [0.2, 0.25) is 0 Å². The minimum Gasteiger partial charge on any atom is -0.481 e. The molecule has 0 aliphatic heterocycles. The van der Waals surface area contributed by atoms with E-state index in [1.54, 1.807) is 0 Å². The van der Waals surface area contributed by atoms with Crippen LogP contribution in [0, 0.1) is 0 Å². The third kappa shape index (κ3) is 4.50. The fourth-order valence-corrected chi connectivity index (χ4v) is 3.36. The molecule has 0 saturated carbocycles. The highest BCUT2D eigenvalue weighted by Crippen LogP contribution is 2.33. The number of carboxylic acid groups (broad SMARTS) is 1. The van der Waals surface area contributed by atoms with Crippen molar-refractivity contribution in [1.82, 2.24) is 4.90 Å². The first-order chi connectivity index (χ1) is 12.6. The molecule has 0 unspecified atom stereocenters. The predicted octanol–water partition coefficient (Wildman–Crippen LogP) is 4.79. The van der Waals surface area contributed by atoms with Gasteiger partial charge in [0.2, 0.25) is 0 Å². The molecule has 0 spiro atoms. The van der Waals surface area contributed by atoms with Crippen LogP contribution in [0.4, 0.5) is 0 Å². The quantitative estimate of drug-likeness (QED) is 0.668. The summed E-state index contributed by atoms with van der Waals surface area (Å²) in [7, 11) is 2.05. The lowest BCUT2D eigenvalue weighted by Crippen LogP contribution is -2.21. The molecule has 1 N–H and O–H groups in total. The third-order valence-corrected chi connectivity index (χ3v) is 4.73. The minimum absolute atomic E-state index is 0.234. The van der Waals surface area contributed by atoms with Crippen LogP contribution in [-0.4, -0.2) is 36.1 Å². The third-order valence-electron chi connectivity index (χ3n) is 4.73. The Morgan fingerprint density at radius 1 is 0.962 bits per heavy atom. The number of hydrogen-bond donors (Lipinski definition) is 1. The van der Waals surface area contributed by atoms with E-state index in [9.17, 15) is 4.79 Å². The number of aliphatic carboxylic acids is 1. The Bertz CT molecular complexity index is 784. The summed E-state index contributed by atoms with van der Waals surface area (Å²) in [6.07, 6.45) is 8.55. The predicted molar refractivity (Wildman–Crippen MR) is 108 cm³/mol. The molecule has 2 aromatic carbocycles. The molecule has 0 radical (unpaired) electrons. The summed E-state index contributed by atoms with van der Waals surface area (Å²) in [5.74, 6) is -0.723. The Hall–Kier alpha value is -2.65. The van der Waals surface area contributed by atoms with Crippen molar-refractivity contribution < 1.29 is 9.90 Å². The van der Waals surface area contributed by atoms with E-state index in [4.69, 9.17) is 5.11 Å². The van der Waals surface area contributed by atoms with Gasteiger partial charge in [0.05, 0.1) is 0 Å². The summed E-state index contributed by atoms with van der Waals surface area (Å²) in [6, 6.07) is 17.0. The smallest absolute Gasteiger partial charge is 0.303 e. The van der Waals surface area contributed by atoms with Gasteiger partial charge in [-0.1, -0.05) is 66.8 Å². The number of benzene rings is 2. The molecular formula is C23H25NO2. The Kier molecular flexibility index (Phi) is 6.03. The van der Waals surface area contributed by atoms with E-state index < -0.39 is 5.97 Å². The van der Waals surface area contributed by atoms with Gasteiger partial charge >= 0.3 is 5.97 Å². The molecule has 3 nitrogen and oxygen atoms in total. The van der Waals surface area contributed by atoms with Gasteiger partial charge < -0.3 is 10.0 Å². The van der Waals surface area contributed by atoms with E-state index in [1.165, 1.54) is 27.8 Å². The van der Waals surface area contributed by atoms with Gasteiger partial charge in [-0.05, 0) is 54.3 Å². The van der Waals surface area contributed by atoms with Gasteiger partial charge in [-0.15, -0.1) is 0 Å². The van der Waals surface area contributed by atoms with Crippen LogP contribution in [0.3, 0.4) is 0 Å². The van der Waals surface area contributed by atoms with Crippen molar-refractivity contribution in [3.8, 4) is 0 Å². The van der Waals surface area contributed by atoms with Gasteiger partial charge in [0.1, 0.15) is 0 Å². The fourth-order valence-electron chi connectivity index (χ4n) is 3.36. The van der Waals surface area contributed by atoms with E-state index >= 15 is 0 Å². The van der Waals surface area contributed by atoms with Crippen LogP contribution < -0.4 is 0 Å². The second-order valence-electron chi connectivity index (χ2n) is 6.71. The summed E-state index contributed by atoms with van der Waals surface area (Å²) in [6.45, 7) is 1.73. The lowest BCUT2D eigenvalue weighted by molar-refractivity contribution is -0.137. The Morgan fingerprint density at radius 2 is 1.54 bits per heavy atom. The van der Waals surface area contributed by atoms with Gasteiger partial charge in [0, 0.05) is 13.0 Å². The molecule has 1 aliphatic carbocycles. The standard InChI is InChI=1S/C23H25NO2/c1-24(17-7-13-23(25)26)16-6-12-22-20-10-4-2-8-18(20)14-15-19-9-3-5-11-21(19)22/h2-5,8-12,14-15H,6-7,13,16-17H2,1H3,(H,25,26). The molecular weight excluding hydrogens is 322 g/mol. The molecule has 134 valence electrons. The van der Waals surface area contributed by atoms with Crippen molar-refractivity contribution in [2.75, 3.05) is 20.1 Å². The first-order valence-electron chi connectivity index (χ1n) is 9.12. The van der Waals surface area contributed by atoms with E-state index in [2.05, 4.69) is 78.7 Å². The summed E-state index contributed by atoms with van der Waals surface area (Å²) < 4.78 is 0. The van der Waals surface area contributed by atoms with Crippen molar-refractivity contribution in [3.63, 3.8) is 0 Å². The van der Waals surface area contributed by atoms with Crippen molar-refractivity contribution in [2.45, 2.75) is 19.3 Å². The fraction of sp³-hybridized carbons (Fsp3) is 0.261. The van der Waals surface area contributed by atoms with Gasteiger partial charge in [-0.25, -0.2) is 0 Å². The second kappa shape index (κ2) is 8.63. The van der Waals surface area contributed by atoms with Crippen LogP contribution in [0.1, 0.15) is 41.5 Å². The van der Waals surface area contributed by atoms with E-state index in [-0.39, 0.29) is 6.42 Å². The van der Waals surface area contributed by atoms with Gasteiger partial charge in [-0.2, -0.15) is 0 Å². The molecule has 0 amide bonds. The van der Waals surface area contributed by atoms with Gasteiger partial charge in [0.15, 0.2) is 0 Å². The summed E-state index contributed by atoms with van der Waals surface area (Å²) in [4.78, 5) is 12.8. The highest BCUT2D eigenvalue weighted by atomic mass is 16.4. The van der Waals surface area contributed by atoms with Gasteiger partial charge in [-0.3, -0.25) is 4.79 Å². The highest BCUT2D eigenvalue weighted by molar-refractivity contribution is 5.93. The average molecular weight is 347 g/mol. The zero-order valence-electron chi connectivity index (χ0n) is 15.2. The topological polar surface area (TPSA) is 40.5 Å². The van der Waals surface area contributed by atoms with Crippen molar-refractivity contribution in [2.24, 2.45) is 0 Å². The number of fused-ring (bicyclic) bond motifs is 2. The monoisotopic (exact) mass is 347 g/mol. The van der Waals surface area contributed by atoms with Crippen LogP contribution in [-0.2, 0) is 4.79 Å². The largest absolute Gasteiger partial charge is 0.481 e. The lowest BCUT2D eigenvalue weighted by Gasteiger charge is -2.16. The number of carboxylic acids is 1. The Labute approximate surface area is 155 Å². The molecule has 3 heteroatoms. The maximum atomic E-state index is 10.6. The summed E-state index contributed by atoms with van der Waals surface area (Å²) in [5.41, 5.74) is 6.29. The van der Waals surface area contributed by atoms with Crippen LogP contribution in [0.25, 0.3) is 17.7 Å². The van der Waals surface area contributed by atoms with Gasteiger partial charge in [0.25, 0.3) is 0 Å². The number of carbonyl (C=O) groups is 1. The van der Waals surface area contributed by atoms with Crippen molar-refractivity contribution in [3.05, 3.63) is 76.9 Å². The molecule has 0 atom stereocenters. The maximum Gasteiger partial charge on any atom is 0.303 e. The van der Waals surface area contributed by atoms with Crippen LogP contribution >= 0.6 is 0 Å². The second-order valence-corrected chi connectivity index (χ2v) is 6.71. The molecule has 0 saturated heterocycles. The first kappa shape index (κ1) is 18.2. The molecule has 26 heavy (non-hydrogen) atoms. The van der Waals surface area contributed by atoms with Crippen molar-refractivity contribution in [1.29, 1.82) is 0 Å². The molecule has 0 fully saturated rings. The van der Waals surface area contributed by atoms with Crippen LogP contribution in [0.15, 0.2) is 54.6 Å². The zero-order valence-corrected chi connectivity index (χ0v) is 15.2. The summed E-state index contributed by atoms with van der Waals surface area (Å²) >= 11 is 0.